The second kappa shape index (κ2) is 8.53. The minimum absolute atomic E-state index is 0.115. The van der Waals surface area contributed by atoms with Gasteiger partial charge < -0.3 is 24.9 Å². The Hall–Kier alpha value is -3.77. The Labute approximate surface area is 179 Å². The van der Waals surface area contributed by atoms with Gasteiger partial charge in [-0.25, -0.2) is 0 Å². The van der Waals surface area contributed by atoms with Crippen molar-refractivity contribution in [3.05, 3.63) is 76.1 Å². The molecule has 4 aromatic rings. The predicted molar refractivity (Wildman–Crippen MR) is 126 cm³/mol. The Morgan fingerprint density at radius 3 is 2.52 bits per heavy atom. The van der Waals surface area contributed by atoms with Crippen LogP contribution in [0.25, 0.3) is 33.9 Å². The van der Waals surface area contributed by atoms with Crippen LogP contribution >= 0.6 is 0 Å². The number of nitrogens with two attached hydrogens (primary N) is 1. The van der Waals surface area contributed by atoms with Crippen LogP contribution in [0.1, 0.15) is 11.3 Å². The van der Waals surface area contributed by atoms with Crippen molar-refractivity contribution in [2.75, 3.05) is 32.1 Å². The fourth-order valence-electron chi connectivity index (χ4n) is 3.36. The number of benzene rings is 3. The summed E-state index contributed by atoms with van der Waals surface area (Å²) in [5.41, 5.74) is 7.43. The van der Waals surface area contributed by atoms with Crippen molar-refractivity contribution < 1.29 is 14.3 Å². The van der Waals surface area contributed by atoms with Gasteiger partial charge >= 0.3 is 0 Å². The molecule has 1 aromatic heterocycles. The molecule has 0 aliphatic heterocycles. The van der Waals surface area contributed by atoms with Gasteiger partial charge in [-0.15, -0.1) is 0 Å². The summed E-state index contributed by atoms with van der Waals surface area (Å²) in [4.78, 5) is 14.8. The van der Waals surface area contributed by atoms with Gasteiger partial charge in [0.05, 0.1) is 5.39 Å². The van der Waals surface area contributed by atoms with E-state index in [0.717, 1.165) is 22.0 Å². The summed E-state index contributed by atoms with van der Waals surface area (Å²) in [6.45, 7) is 0.851. The molecule has 6 nitrogen and oxygen atoms in total. The molecule has 0 saturated carbocycles. The van der Waals surface area contributed by atoms with Crippen LogP contribution in [0.2, 0.25) is 0 Å². The first kappa shape index (κ1) is 20.5. The molecule has 31 heavy (non-hydrogen) atoms. The molecule has 1 heterocycles. The number of rotatable bonds is 6. The van der Waals surface area contributed by atoms with E-state index in [0.29, 0.717) is 29.9 Å². The van der Waals surface area contributed by atoms with Gasteiger partial charge in [0.2, 0.25) is 11.2 Å². The number of hydrogen-bond donors (Lipinski definition) is 2. The average molecular weight is 416 g/mol. The first-order chi connectivity index (χ1) is 15.0. The fourth-order valence-corrected chi connectivity index (χ4v) is 3.36. The van der Waals surface area contributed by atoms with Crippen LogP contribution in [0.15, 0.2) is 63.8 Å². The smallest absolute Gasteiger partial charge is 0.235 e. The lowest BCUT2D eigenvalue weighted by molar-refractivity contribution is 0.329. The first-order valence-electron chi connectivity index (χ1n) is 9.98. The molecular weight excluding hydrogens is 392 g/mol. The third kappa shape index (κ3) is 4.25. The summed E-state index contributed by atoms with van der Waals surface area (Å²) in [7, 11) is 3.95. The topological polar surface area (TPSA) is 88.9 Å². The molecule has 0 spiro atoms. The molecule has 0 bridgehead atoms. The monoisotopic (exact) mass is 416 g/mol. The van der Waals surface area contributed by atoms with Crippen LogP contribution in [-0.2, 0) is 0 Å². The Morgan fingerprint density at radius 2 is 1.81 bits per heavy atom. The van der Waals surface area contributed by atoms with E-state index >= 15 is 0 Å². The van der Waals surface area contributed by atoms with E-state index in [1.54, 1.807) is 24.3 Å². The molecule has 0 atom stereocenters. The van der Waals surface area contributed by atoms with Crippen molar-refractivity contribution in [2.24, 2.45) is 5.73 Å². The summed E-state index contributed by atoms with van der Waals surface area (Å²) < 4.78 is 11.5. The summed E-state index contributed by atoms with van der Waals surface area (Å²) in [5.74, 6) is 0.402. The van der Waals surface area contributed by atoms with Gasteiger partial charge in [-0.3, -0.25) is 4.79 Å². The van der Waals surface area contributed by atoms with Gasteiger partial charge in [0, 0.05) is 26.3 Å². The van der Waals surface area contributed by atoms with E-state index in [-0.39, 0.29) is 5.76 Å². The van der Waals surface area contributed by atoms with Gasteiger partial charge in [0.15, 0.2) is 5.76 Å². The minimum atomic E-state index is -0.464. The van der Waals surface area contributed by atoms with E-state index in [1.807, 2.05) is 61.5 Å². The van der Waals surface area contributed by atoms with Crippen LogP contribution in [0.3, 0.4) is 0 Å². The van der Waals surface area contributed by atoms with Gasteiger partial charge in [0.1, 0.15) is 17.9 Å². The summed E-state index contributed by atoms with van der Waals surface area (Å²) in [6, 6.07) is 17.0. The molecule has 3 N–H and O–H groups in total. The summed E-state index contributed by atoms with van der Waals surface area (Å²) in [6.07, 6.45) is 3.40. The van der Waals surface area contributed by atoms with Gasteiger partial charge in [0.25, 0.3) is 0 Å². The number of aromatic hydroxyl groups is 1. The Bertz CT molecular complexity index is 1320. The Balaban J connectivity index is 1.74. The van der Waals surface area contributed by atoms with E-state index < -0.39 is 11.2 Å². The molecular formula is C25H24N2O4. The SMILES string of the molecule is CN(C)c1ccc(/C=C/c2oc3cc4cc(OCCN)ccc4cc3c(=O)c2O)cc1. The minimum Gasteiger partial charge on any atom is -0.502 e. The normalized spacial score (nSPS) is 11.5. The second-order valence-electron chi connectivity index (χ2n) is 7.46. The van der Waals surface area contributed by atoms with E-state index in [9.17, 15) is 9.90 Å². The molecule has 0 amide bonds. The van der Waals surface area contributed by atoms with Crippen LogP contribution < -0.4 is 20.8 Å². The lowest BCUT2D eigenvalue weighted by Gasteiger charge is -2.11. The number of hydrogen-bond acceptors (Lipinski definition) is 6. The molecule has 4 rings (SSSR count). The number of ether oxygens (including phenoxy) is 1. The lowest BCUT2D eigenvalue weighted by Crippen LogP contribution is -2.10. The Kier molecular flexibility index (Phi) is 5.64. The molecule has 0 unspecified atom stereocenters. The van der Waals surface area contributed by atoms with Crippen molar-refractivity contribution >= 4 is 39.6 Å². The van der Waals surface area contributed by atoms with Crippen molar-refractivity contribution in [1.82, 2.24) is 0 Å². The van der Waals surface area contributed by atoms with Crippen molar-refractivity contribution in [1.29, 1.82) is 0 Å². The summed E-state index contributed by atoms with van der Waals surface area (Å²) >= 11 is 0. The third-order valence-corrected chi connectivity index (χ3v) is 5.05. The standard InChI is InChI=1S/C25H24N2O4/c1-27(2)19-7-3-16(4-8-19)5-10-22-25(29)24(28)21-14-17-6-9-20(30-12-11-26)13-18(17)15-23(21)31-22/h3-10,13-15,29H,11-12,26H2,1-2H3/b10-5+. The molecule has 0 radical (unpaired) electrons. The van der Waals surface area contributed by atoms with Gasteiger partial charge in [-0.1, -0.05) is 24.3 Å². The maximum atomic E-state index is 12.7. The van der Waals surface area contributed by atoms with Gasteiger partial charge in [-0.05, 0) is 58.8 Å². The zero-order chi connectivity index (χ0) is 22.0. The highest BCUT2D eigenvalue weighted by Crippen LogP contribution is 2.28. The van der Waals surface area contributed by atoms with E-state index in [2.05, 4.69) is 0 Å². The number of anilines is 1. The quantitative estimate of drug-likeness (QED) is 0.458. The summed E-state index contributed by atoms with van der Waals surface area (Å²) in [5, 5.41) is 12.5. The maximum Gasteiger partial charge on any atom is 0.235 e. The van der Waals surface area contributed by atoms with Crippen LogP contribution in [0.4, 0.5) is 5.69 Å². The van der Waals surface area contributed by atoms with Crippen LogP contribution in [0.5, 0.6) is 11.5 Å². The van der Waals surface area contributed by atoms with E-state index in [4.69, 9.17) is 14.9 Å². The molecule has 0 fully saturated rings. The maximum absolute atomic E-state index is 12.7. The van der Waals surface area contributed by atoms with Crippen molar-refractivity contribution in [2.45, 2.75) is 0 Å². The molecule has 3 aromatic carbocycles. The van der Waals surface area contributed by atoms with Crippen LogP contribution in [-0.4, -0.2) is 32.4 Å². The van der Waals surface area contributed by atoms with Crippen molar-refractivity contribution in [3.63, 3.8) is 0 Å². The van der Waals surface area contributed by atoms with Crippen molar-refractivity contribution in [3.8, 4) is 11.5 Å². The molecule has 0 saturated heterocycles. The fraction of sp³-hybridized carbons (Fsp3) is 0.160. The number of nitrogens with zero attached hydrogens (tertiary/aromatic N) is 1. The largest absolute Gasteiger partial charge is 0.502 e. The zero-order valence-electron chi connectivity index (χ0n) is 17.5. The molecule has 6 heteroatoms. The first-order valence-corrected chi connectivity index (χ1v) is 9.98. The van der Waals surface area contributed by atoms with Gasteiger partial charge in [-0.2, -0.15) is 0 Å². The third-order valence-electron chi connectivity index (χ3n) is 5.05. The predicted octanol–water partition coefficient (Wildman–Crippen LogP) is 4.23. The second-order valence-corrected chi connectivity index (χ2v) is 7.46. The van der Waals surface area contributed by atoms with E-state index in [1.165, 1.54) is 0 Å². The average Bonchev–Trinajstić information content (AvgIpc) is 2.78. The highest BCUT2D eigenvalue weighted by atomic mass is 16.5. The lowest BCUT2D eigenvalue weighted by atomic mass is 10.1. The molecule has 0 aliphatic carbocycles. The highest BCUT2D eigenvalue weighted by Gasteiger charge is 2.13. The Morgan fingerprint density at radius 1 is 1.03 bits per heavy atom. The number of fused-ring (bicyclic) bond motifs is 2. The molecule has 158 valence electrons. The molecule has 0 aliphatic rings. The van der Waals surface area contributed by atoms with Crippen LogP contribution in [0, 0.1) is 0 Å². The highest BCUT2D eigenvalue weighted by molar-refractivity contribution is 5.97. The zero-order valence-corrected chi connectivity index (χ0v) is 17.5.